The maximum Gasteiger partial charge on any atom is 0.0748 e. The maximum absolute atomic E-state index is 6.05. The van der Waals surface area contributed by atoms with Crippen molar-refractivity contribution in [3.05, 3.63) is 71.4 Å². The summed E-state index contributed by atoms with van der Waals surface area (Å²) in [6, 6.07) is 17.4. The highest BCUT2D eigenvalue weighted by Crippen LogP contribution is 2.20. The number of hydrogen-bond donors (Lipinski definition) is 1. The fourth-order valence-electron chi connectivity index (χ4n) is 1.95. The second-order valence-electron chi connectivity index (χ2n) is 4.27. The molecule has 3 rings (SSSR count). The van der Waals surface area contributed by atoms with E-state index in [1.165, 1.54) is 0 Å². The van der Waals surface area contributed by atoms with Gasteiger partial charge in [-0.15, -0.1) is 0 Å². The van der Waals surface area contributed by atoms with Gasteiger partial charge in [0.05, 0.1) is 22.4 Å². The third kappa shape index (κ3) is 2.63. The molecule has 0 aliphatic rings. The molecule has 2 aromatic carbocycles. The number of halogens is 1. The van der Waals surface area contributed by atoms with Crippen LogP contribution < -0.4 is 5.43 Å². The van der Waals surface area contributed by atoms with Crippen LogP contribution in [0.2, 0.25) is 5.02 Å². The molecular weight excluding hydrogens is 270 g/mol. The predicted octanol–water partition coefficient (Wildman–Crippen LogP) is 4.33. The van der Waals surface area contributed by atoms with Gasteiger partial charge < -0.3 is 0 Å². The summed E-state index contributed by atoms with van der Waals surface area (Å²) in [5.74, 6) is 0. The van der Waals surface area contributed by atoms with Crippen molar-refractivity contribution in [1.29, 1.82) is 0 Å². The van der Waals surface area contributed by atoms with Crippen LogP contribution in [0.4, 0.5) is 5.69 Å². The average Bonchev–Trinajstić information content (AvgIpc) is 2.49. The Morgan fingerprint density at radius 2 is 1.80 bits per heavy atom. The summed E-state index contributed by atoms with van der Waals surface area (Å²) < 4.78 is 0. The fourth-order valence-corrected chi connectivity index (χ4v) is 2.13. The Bertz CT molecular complexity index is 763. The van der Waals surface area contributed by atoms with Crippen LogP contribution in [0.5, 0.6) is 0 Å². The molecule has 0 bridgehead atoms. The van der Waals surface area contributed by atoms with Gasteiger partial charge in [-0.1, -0.05) is 41.9 Å². The molecule has 3 nitrogen and oxygen atoms in total. The third-order valence-corrected chi connectivity index (χ3v) is 3.27. The Hall–Kier alpha value is -2.39. The number of anilines is 1. The van der Waals surface area contributed by atoms with E-state index < -0.39 is 0 Å². The van der Waals surface area contributed by atoms with Gasteiger partial charge in [0.2, 0.25) is 0 Å². The molecular formula is C16H12ClN3. The molecule has 0 spiro atoms. The molecule has 3 aromatic rings. The SMILES string of the molecule is Clc1ccccc1N/N=C/c1ccnc2ccccc12. The van der Waals surface area contributed by atoms with E-state index >= 15 is 0 Å². The molecule has 0 fully saturated rings. The molecule has 0 aliphatic heterocycles. The molecule has 1 aromatic heterocycles. The predicted molar refractivity (Wildman–Crippen MR) is 84.4 cm³/mol. The van der Waals surface area contributed by atoms with E-state index in [-0.39, 0.29) is 0 Å². The lowest BCUT2D eigenvalue weighted by atomic mass is 10.1. The van der Waals surface area contributed by atoms with E-state index in [1.807, 2.05) is 54.6 Å². The van der Waals surface area contributed by atoms with E-state index in [2.05, 4.69) is 15.5 Å². The molecule has 98 valence electrons. The van der Waals surface area contributed by atoms with E-state index in [0.29, 0.717) is 5.02 Å². The number of nitrogens with zero attached hydrogens (tertiary/aromatic N) is 2. The van der Waals surface area contributed by atoms with Crippen molar-refractivity contribution in [2.24, 2.45) is 5.10 Å². The van der Waals surface area contributed by atoms with Crippen LogP contribution in [0.3, 0.4) is 0 Å². The zero-order chi connectivity index (χ0) is 13.8. The van der Waals surface area contributed by atoms with Crippen LogP contribution >= 0.6 is 11.6 Å². The molecule has 0 unspecified atom stereocenters. The van der Waals surface area contributed by atoms with Gasteiger partial charge in [-0.25, -0.2) is 0 Å². The summed E-state index contributed by atoms with van der Waals surface area (Å²) in [6.07, 6.45) is 3.55. The molecule has 0 amide bonds. The second kappa shape index (κ2) is 5.72. The van der Waals surface area contributed by atoms with Crippen LogP contribution in [0, 0.1) is 0 Å². The van der Waals surface area contributed by atoms with Crippen molar-refractivity contribution in [3.63, 3.8) is 0 Å². The maximum atomic E-state index is 6.05. The highest BCUT2D eigenvalue weighted by molar-refractivity contribution is 6.33. The summed E-state index contributed by atoms with van der Waals surface area (Å²) in [4.78, 5) is 4.32. The van der Waals surface area contributed by atoms with Crippen molar-refractivity contribution >= 4 is 34.4 Å². The first kappa shape index (κ1) is 12.6. The molecule has 0 saturated carbocycles. The van der Waals surface area contributed by atoms with Crippen molar-refractivity contribution < 1.29 is 0 Å². The van der Waals surface area contributed by atoms with Gasteiger partial charge in [0.25, 0.3) is 0 Å². The normalized spacial score (nSPS) is 11.1. The first-order chi connectivity index (χ1) is 9.84. The first-order valence-electron chi connectivity index (χ1n) is 6.22. The van der Waals surface area contributed by atoms with Gasteiger partial charge in [-0.05, 0) is 24.3 Å². The summed E-state index contributed by atoms with van der Waals surface area (Å²) in [5.41, 5.74) is 5.69. The monoisotopic (exact) mass is 281 g/mol. The standard InChI is InChI=1S/C16H12ClN3/c17-14-6-2-4-8-16(14)20-19-11-12-9-10-18-15-7-3-1-5-13(12)15/h1-11,20H/b19-11+. The van der Waals surface area contributed by atoms with Crippen LogP contribution in [-0.2, 0) is 0 Å². The number of benzene rings is 2. The number of hydrogen-bond acceptors (Lipinski definition) is 3. The molecule has 0 aliphatic carbocycles. The number of para-hydroxylation sites is 2. The highest BCUT2D eigenvalue weighted by Gasteiger charge is 1.99. The quantitative estimate of drug-likeness (QED) is 0.573. The molecule has 0 atom stereocenters. The Kier molecular flexibility index (Phi) is 3.61. The zero-order valence-electron chi connectivity index (χ0n) is 10.6. The second-order valence-corrected chi connectivity index (χ2v) is 4.67. The van der Waals surface area contributed by atoms with Crippen molar-refractivity contribution in [2.45, 2.75) is 0 Å². The zero-order valence-corrected chi connectivity index (χ0v) is 11.4. The lowest BCUT2D eigenvalue weighted by Gasteiger charge is -2.03. The van der Waals surface area contributed by atoms with E-state index in [1.54, 1.807) is 12.4 Å². The highest BCUT2D eigenvalue weighted by atomic mass is 35.5. The minimum Gasteiger partial charge on any atom is -0.277 e. The van der Waals surface area contributed by atoms with Crippen molar-refractivity contribution in [2.75, 3.05) is 5.43 Å². The van der Waals surface area contributed by atoms with Gasteiger partial charge in [-0.3, -0.25) is 10.4 Å². The van der Waals surface area contributed by atoms with Crippen LogP contribution in [0.25, 0.3) is 10.9 Å². The van der Waals surface area contributed by atoms with Crippen molar-refractivity contribution in [1.82, 2.24) is 4.98 Å². The number of rotatable bonds is 3. The summed E-state index contributed by atoms with van der Waals surface area (Å²) in [7, 11) is 0. The minimum absolute atomic E-state index is 0.643. The van der Waals surface area contributed by atoms with E-state index in [4.69, 9.17) is 11.6 Å². The minimum atomic E-state index is 0.643. The largest absolute Gasteiger partial charge is 0.277 e. The molecule has 0 radical (unpaired) electrons. The van der Waals surface area contributed by atoms with Crippen molar-refractivity contribution in [3.8, 4) is 0 Å². The Labute approximate surface area is 121 Å². The summed E-state index contributed by atoms with van der Waals surface area (Å²) in [6.45, 7) is 0. The Morgan fingerprint density at radius 3 is 2.70 bits per heavy atom. The van der Waals surface area contributed by atoms with Gasteiger partial charge >= 0.3 is 0 Å². The Balaban J connectivity index is 1.86. The Morgan fingerprint density at radius 1 is 1.00 bits per heavy atom. The molecule has 0 saturated heterocycles. The topological polar surface area (TPSA) is 37.3 Å². The molecule has 1 heterocycles. The number of pyridine rings is 1. The first-order valence-corrected chi connectivity index (χ1v) is 6.60. The summed E-state index contributed by atoms with van der Waals surface area (Å²) >= 11 is 6.05. The third-order valence-electron chi connectivity index (χ3n) is 2.95. The lowest BCUT2D eigenvalue weighted by molar-refractivity contribution is 1.35. The number of hydrazone groups is 1. The molecule has 1 N–H and O–H groups in total. The summed E-state index contributed by atoms with van der Waals surface area (Å²) in [5, 5.41) is 5.95. The number of nitrogens with one attached hydrogen (secondary N) is 1. The smallest absolute Gasteiger partial charge is 0.0748 e. The number of aromatic nitrogens is 1. The van der Waals surface area contributed by atoms with Gasteiger partial charge in [0, 0.05) is 17.1 Å². The fraction of sp³-hybridized carbons (Fsp3) is 0. The van der Waals surface area contributed by atoms with Crippen LogP contribution in [-0.4, -0.2) is 11.2 Å². The van der Waals surface area contributed by atoms with Crippen LogP contribution in [0.15, 0.2) is 65.9 Å². The van der Waals surface area contributed by atoms with Crippen LogP contribution in [0.1, 0.15) is 5.56 Å². The van der Waals surface area contributed by atoms with E-state index in [9.17, 15) is 0 Å². The molecule has 4 heteroatoms. The van der Waals surface area contributed by atoms with Gasteiger partial charge in [0.1, 0.15) is 0 Å². The molecule has 20 heavy (non-hydrogen) atoms. The lowest BCUT2D eigenvalue weighted by Crippen LogP contribution is -1.92. The van der Waals surface area contributed by atoms with Gasteiger partial charge in [0.15, 0.2) is 0 Å². The average molecular weight is 282 g/mol. The number of fused-ring (bicyclic) bond motifs is 1. The van der Waals surface area contributed by atoms with E-state index in [0.717, 1.165) is 22.2 Å². The van der Waals surface area contributed by atoms with Gasteiger partial charge in [-0.2, -0.15) is 5.10 Å².